The van der Waals surface area contributed by atoms with Gasteiger partial charge < -0.3 is 29.7 Å². The van der Waals surface area contributed by atoms with Crippen molar-refractivity contribution in [2.45, 2.75) is 25.8 Å². The Morgan fingerprint density at radius 2 is 1.92 bits per heavy atom. The molecule has 1 heterocycles. The van der Waals surface area contributed by atoms with Crippen molar-refractivity contribution in [1.82, 2.24) is 10.2 Å². The monoisotopic (exact) mass is 351 g/mol. The molecule has 1 fully saturated rings. The van der Waals surface area contributed by atoms with Crippen LogP contribution in [0.15, 0.2) is 18.2 Å². The number of benzene rings is 1. The Kier molecular flexibility index (Phi) is 6.73. The third-order valence-corrected chi connectivity index (χ3v) is 4.01. The first-order valence-electron chi connectivity index (χ1n) is 8.28. The summed E-state index contributed by atoms with van der Waals surface area (Å²) in [5.74, 6) is 1.17. The van der Waals surface area contributed by atoms with E-state index in [1.54, 1.807) is 37.1 Å². The van der Waals surface area contributed by atoms with Crippen LogP contribution in [0.2, 0.25) is 0 Å². The normalized spacial score (nSPS) is 14.6. The second kappa shape index (κ2) is 9.00. The molecule has 0 atom stereocenters. The average molecular weight is 351 g/mol. The van der Waals surface area contributed by atoms with Gasteiger partial charge in [-0.25, -0.2) is 9.59 Å². The van der Waals surface area contributed by atoms with E-state index in [0.717, 1.165) is 0 Å². The summed E-state index contributed by atoms with van der Waals surface area (Å²) in [6, 6.07) is 4.87. The fourth-order valence-electron chi connectivity index (χ4n) is 2.67. The SMILES string of the molecule is CCOC(=O)N1CCC(NC(=O)Nc2ccc(OC)cc2OC)CC1. The van der Waals surface area contributed by atoms with E-state index in [0.29, 0.717) is 49.7 Å². The quantitative estimate of drug-likeness (QED) is 0.850. The molecule has 0 bridgehead atoms. The molecule has 0 unspecified atom stereocenters. The highest BCUT2D eigenvalue weighted by molar-refractivity contribution is 5.91. The van der Waals surface area contributed by atoms with Gasteiger partial charge in [-0.2, -0.15) is 0 Å². The van der Waals surface area contributed by atoms with Crippen molar-refractivity contribution in [2.75, 3.05) is 39.2 Å². The largest absolute Gasteiger partial charge is 0.497 e. The van der Waals surface area contributed by atoms with Crippen molar-refractivity contribution in [3.8, 4) is 11.5 Å². The maximum absolute atomic E-state index is 12.2. The lowest BCUT2D eigenvalue weighted by Gasteiger charge is -2.31. The van der Waals surface area contributed by atoms with E-state index < -0.39 is 0 Å². The number of methoxy groups -OCH3 is 2. The molecule has 138 valence electrons. The van der Waals surface area contributed by atoms with Crippen molar-refractivity contribution in [3.63, 3.8) is 0 Å². The molecule has 8 nitrogen and oxygen atoms in total. The molecular formula is C17H25N3O5. The summed E-state index contributed by atoms with van der Waals surface area (Å²) in [5.41, 5.74) is 0.560. The second-order valence-electron chi connectivity index (χ2n) is 5.62. The van der Waals surface area contributed by atoms with Gasteiger partial charge in [0.1, 0.15) is 11.5 Å². The van der Waals surface area contributed by atoms with E-state index in [1.165, 1.54) is 7.11 Å². The summed E-state index contributed by atoms with van der Waals surface area (Å²) in [7, 11) is 3.10. The number of anilines is 1. The Hall–Kier alpha value is -2.64. The number of hydrogen-bond acceptors (Lipinski definition) is 5. The number of rotatable bonds is 5. The van der Waals surface area contributed by atoms with Crippen molar-refractivity contribution >= 4 is 17.8 Å². The third-order valence-electron chi connectivity index (χ3n) is 4.01. The second-order valence-corrected chi connectivity index (χ2v) is 5.62. The van der Waals surface area contributed by atoms with Crippen molar-refractivity contribution in [1.29, 1.82) is 0 Å². The van der Waals surface area contributed by atoms with Crippen LogP contribution in [0.25, 0.3) is 0 Å². The van der Waals surface area contributed by atoms with Crippen LogP contribution >= 0.6 is 0 Å². The Morgan fingerprint density at radius 3 is 2.52 bits per heavy atom. The number of piperidine rings is 1. The van der Waals surface area contributed by atoms with Crippen LogP contribution < -0.4 is 20.1 Å². The van der Waals surface area contributed by atoms with Crippen LogP contribution in [0.4, 0.5) is 15.3 Å². The number of urea groups is 1. The number of ether oxygens (including phenoxy) is 3. The molecule has 1 aliphatic heterocycles. The molecule has 0 aromatic heterocycles. The zero-order valence-corrected chi connectivity index (χ0v) is 14.8. The third kappa shape index (κ3) is 5.17. The topological polar surface area (TPSA) is 89.1 Å². The maximum atomic E-state index is 12.2. The van der Waals surface area contributed by atoms with Gasteiger partial charge in [0.2, 0.25) is 0 Å². The zero-order valence-electron chi connectivity index (χ0n) is 14.8. The molecule has 1 aromatic rings. The first-order chi connectivity index (χ1) is 12.1. The summed E-state index contributed by atoms with van der Waals surface area (Å²) in [6.07, 6.45) is 1.08. The Balaban J connectivity index is 1.84. The first kappa shape index (κ1) is 18.7. The molecule has 8 heteroatoms. The van der Waals surface area contributed by atoms with E-state index in [1.807, 2.05) is 0 Å². The van der Waals surface area contributed by atoms with Gasteiger partial charge >= 0.3 is 12.1 Å². The van der Waals surface area contributed by atoms with Crippen LogP contribution in [0, 0.1) is 0 Å². The summed E-state index contributed by atoms with van der Waals surface area (Å²) in [6.45, 7) is 3.28. The van der Waals surface area contributed by atoms with Gasteiger partial charge in [0.25, 0.3) is 0 Å². The molecule has 1 saturated heterocycles. The van der Waals surface area contributed by atoms with E-state index in [4.69, 9.17) is 14.2 Å². The van der Waals surface area contributed by atoms with E-state index >= 15 is 0 Å². The predicted octanol–water partition coefficient (Wildman–Crippen LogP) is 2.45. The molecule has 0 saturated carbocycles. The van der Waals surface area contributed by atoms with Crippen LogP contribution in [0.5, 0.6) is 11.5 Å². The fourth-order valence-corrected chi connectivity index (χ4v) is 2.67. The molecule has 25 heavy (non-hydrogen) atoms. The van der Waals surface area contributed by atoms with E-state index in [-0.39, 0.29) is 18.2 Å². The Morgan fingerprint density at radius 1 is 1.20 bits per heavy atom. The average Bonchev–Trinajstić information content (AvgIpc) is 2.62. The lowest BCUT2D eigenvalue weighted by atomic mass is 10.1. The Labute approximate surface area is 147 Å². The molecule has 1 aliphatic rings. The molecule has 2 rings (SSSR count). The molecule has 0 aliphatic carbocycles. The molecule has 0 radical (unpaired) electrons. The molecule has 0 spiro atoms. The fraction of sp³-hybridized carbons (Fsp3) is 0.529. The highest BCUT2D eigenvalue weighted by Gasteiger charge is 2.24. The minimum atomic E-state index is -0.307. The van der Waals surface area contributed by atoms with Gasteiger partial charge in [-0.1, -0.05) is 0 Å². The smallest absolute Gasteiger partial charge is 0.409 e. The summed E-state index contributed by atoms with van der Waals surface area (Å²) in [5, 5.41) is 5.70. The van der Waals surface area contributed by atoms with E-state index in [2.05, 4.69) is 10.6 Å². The number of nitrogens with zero attached hydrogens (tertiary/aromatic N) is 1. The predicted molar refractivity (Wildman–Crippen MR) is 93.3 cm³/mol. The van der Waals surface area contributed by atoms with E-state index in [9.17, 15) is 9.59 Å². The Bertz CT molecular complexity index is 600. The van der Waals surface area contributed by atoms with Crippen molar-refractivity contribution in [3.05, 3.63) is 18.2 Å². The molecule has 3 amide bonds. The minimum absolute atomic E-state index is 0.00918. The number of carbonyl (C=O) groups is 2. The van der Waals surface area contributed by atoms with Gasteiger partial charge in [0.05, 0.1) is 26.5 Å². The van der Waals surface area contributed by atoms with Crippen LogP contribution in [0.1, 0.15) is 19.8 Å². The lowest BCUT2D eigenvalue weighted by molar-refractivity contribution is 0.0959. The van der Waals surface area contributed by atoms with Crippen molar-refractivity contribution in [2.24, 2.45) is 0 Å². The number of amides is 3. The van der Waals surface area contributed by atoms with Crippen molar-refractivity contribution < 1.29 is 23.8 Å². The van der Waals surface area contributed by atoms with Gasteiger partial charge in [-0.3, -0.25) is 0 Å². The van der Waals surface area contributed by atoms with Crippen LogP contribution in [-0.2, 0) is 4.74 Å². The van der Waals surface area contributed by atoms with Crippen LogP contribution in [-0.4, -0.2) is 57.0 Å². The van der Waals surface area contributed by atoms with Gasteiger partial charge in [0.15, 0.2) is 0 Å². The highest BCUT2D eigenvalue weighted by atomic mass is 16.6. The number of carbonyl (C=O) groups excluding carboxylic acids is 2. The summed E-state index contributed by atoms with van der Waals surface area (Å²) in [4.78, 5) is 25.5. The maximum Gasteiger partial charge on any atom is 0.409 e. The summed E-state index contributed by atoms with van der Waals surface area (Å²) < 4.78 is 15.4. The molecule has 2 N–H and O–H groups in total. The van der Waals surface area contributed by atoms with Gasteiger partial charge in [-0.15, -0.1) is 0 Å². The van der Waals surface area contributed by atoms with Crippen LogP contribution in [0.3, 0.4) is 0 Å². The molecular weight excluding hydrogens is 326 g/mol. The first-order valence-corrected chi connectivity index (χ1v) is 8.28. The molecule has 1 aromatic carbocycles. The zero-order chi connectivity index (χ0) is 18.2. The number of nitrogens with one attached hydrogen (secondary N) is 2. The standard InChI is InChI=1S/C17H25N3O5/c1-4-25-17(22)20-9-7-12(8-10-20)18-16(21)19-14-6-5-13(23-2)11-15(14)24-3/h5-6,11-12H,4,7-10H2,1-3H3,(H2,18,19,21). The minimum Gasteiger partial charge on any atom is -0.497 e. The highest BCUT2D eigenvalue weighted by Crippen LogP contribution is 2.29. The van der Waals surface area contributed by atoms with Gasteiger partial charge in [0, 0.05) is 25.2 Å². The number of hydrogen-bond donors (Lipinski definition) is 2. The number of likely N-dealkylation sites (tertiary alicyclic amines) is 1. The van der Waals surface area contributed by atoms with Gasteiger partial charge in [-0.05, 0) is 31.9 Å². The summed E-state index contributed by atoms with van der Waals surface area (Å²) >= 11 is 0. The lowest BCUT2D eigenvalue weighted by Crippen LogP contribution is -2.47.